The van der Waals surface area contributed by atoms with Gasteiger partial charge in [-0.05, 0) is 0 Å². The monoisotopic (exact) mass is 359 g/mol. The van der Waals surface area contributed by atoms with Crippen molar-refractivity contribution in [2.75, 3.05) is 0 Å². The molecule has 0 N–H and O–H groups in total. The quantitative estimate of drug-likeness (QED) is 0.550. The van der Waals surface area contributed by atoms with Crippen molar-refractivity contribution in [1.29, 1.82) is 0 Å². The molecule has 0 aliphatic heterocycles. The van der Waals surface area contributed by atoms with E-state index in [0.29, 0.717) is 0 Å². The lowest BCUT2D eigenvalue weighted by molar-refractivity contribution is -0.784. The first kappa shape index (κ1) is 14.4. The van der Waals surface area contributed by atoms with E-state index in [0.717, 1.165) is 0 Å². The van der Waals surface area contributed by atoms with Gasteiger partial charge in [-0.15, -0.1) is 44.8 Å². The van der Waals surface area contributed by atoms with Crippen molar-refractivity contribution in [3.8, 4) is 0 Å². The highest BCUT2D eigenvalue weighted by Gasteiger charge is 3.35. The number of nitrogens with zero attached hydrogens (tertiary/aromatic N) is 5. The van der Waals surface area contributed by atoms with Gasteiger partial charge in [0.25, 0.3) is 0 Å². The second-order valence-electron chi connectivity index (χ2n) is 6.54. The van der Waals surface area contributed by atoms with Gasteiger partial charge in [0.2, 0.25) is 0 Å². The molecule has 0 aromatic carbocycles. The van der Waals surface area contributed by atoms with Crippen molar-refractivity contribution in [3.63, 3.8) is 0 Å². The lowest BCUT2D eigenvalue weighted by atomic mass is 8.88. The molecule has 6 saturated carbocycles. The Bertz CT molecular complexity index is 553. The Morgan fingerprint density at radius 2 is 0.739 bits per heavy atom. The molecule has 15 heteroatoms. The highest BCUT2D eigenvalue weighted by Crippen LogP contribution is 3.12. The topological polar surface area (TPSA) is 16.2 Å². The van der Waals surface area contributed by atoms with E-state index in [-0.39, 0.29) is 0 Å². The summed E-state index contributed by atoms with van der Waals surface area (Å²) >= 11 is 0. The van der Waals surface area contributed by atoms with E-state index in [1.807, 2.05) is 0 Å². The molecule has 0 bridgehead atoms. The van der Waals surface area contributed by atoms with Crippen molar-refractivity contribution in [1.82, 2.24) is 26.7 Å². The predicted octanol–water partition coefficient (Wildman–Crippen LogP) is 1.95. The molecule has 23 heavy (non-hydrogen) atoms. The van der Waals surface area contributed by atoms with Gasteiger partial charge in [-0.1, -0.05) is 0 Å². The van der Waals surface area contributed by atoms with Crippen LogP contribution >= 0.6 is 0 Å². The Morgan fingerprint density at radius 1 is 0.435 bits per heavy atom. The van der Waals surface area contributed by atoms with E-state index in [1.165, 1.54) is 0 Å². The number of hydrogen-bond acceptors (Lipinski definition) is 5. The zero-order valence-corrected chi connectivity index (χ0v) is 10.2. The van der Waals surface area contributed by atoms with Crippen LogP contribution < -0.4 is 0 Å². The number of halogens is 10. The highest BCUT2D eigenvalue weighted by molar-refractivity contribution is 5.82. The molecule has 0 radical (unpaired) electrons. The maximum Gasteiger partial charge on any atom is 0.157 e. The van der Waals surface area contributed by atoms with E-state index in [1.54, 1.807) is 0 Å². The minimum atomic E-state index is -3.65. The van der Waals surface area contributed by atoms with Gasteiger partial charge in [0.1, 0.15) is 22.2 Å². The molecule has 0 aromatic heterocycles. The molecule has 6 fully saturated rings. The lowest BCUT2D eigenvalue weighted by Crippen LogP contribution is -3.39. The van der Waals surface area contributed by atoms with Gasteiger partial charge >= 0.3 is 0 Å². The van der Waals surface area contributed by atoms with Gasteiger partial charge in [-0.25, -0.2) is 0 Å². The zero-order chi connectivity index (χ0) is 17.1. The summed E-state index contributed by atoms with van der Waals surface area (Å²) in [5.41, 5.74) is -15.8. The van der Waals surface area contributed by atoms with E-state index in [9.17, 15) is 44.8 Å². The Morgan fingerprint density at radius 3 is 0.913 bits per heavy atom. The largest absolute Gasteiger partial charge is 0.157 e. The Balaban J connectivity index is 1.77. The molecule has 6 aliphatic rings. The van der Waals surface area contributed by atoms with Gasteiger partial charge in [-0.2, -0.15) is 0 Å². The van der Waals surface area contributed by atoms with Crippen LogP contribution in [0.25, 0.3) is 0 Å². The van der Waals surface area contributed by atoms with Crippen molar-refractivity contribution in [3.05, 3.63) is 0 Å². The van der Waals surface area contributed by atoms with Gasteiger partial charge in [0.05, 0.1) is 0 Å². The maximum atomic E-state index is 13.3. The summed E-state index contributed by atoms with van der Waals surface area (Å²) in [6.45, 7) is 0. The van der Waals surface area contributed by atoms with Crippen molar-refractivity contribution < 1.29 is 44.8 Å². The van der Waals surface area contributed by atoms with E-state index in [4.69, 9.17) is 0 Å². The van der Waals surface area contributed by atoms with Gasteiger partial charge < -0.3 is 0 Å². The molecule has 130 valence electrons. The third-order valence-electron chi connectivity index (χ3n) is 7.15. The first-order valence-electron chi connectivity index (χ1n) is 6.16. The normalized spacial score (nSPS) is 63.0. The maximum absolute atomic E-state index is 13.3. The molecule has 5 nitrogen and oxygen atoms in total. The van der Waals surface area contributed by atoms with Crippen molar-refractivity contribution >= 4 is 0 Å². The van der Waals surface area contributed by atoms with Crippen LogP contribution in [0.1, 0.15) is 0 Å². The van der Waals surface area contributed by atoms with E-state index < -0.39 is 72.2 Å². The second-order valence-corrected chi connectivity index (χ2v) is 6.54. The van der Waals surface area contributed by atoms with Crippen LogP contribution in [0.2, 0.25) is 0 Å². The fourth-order valence-electron chi connectivity index (χ4n) is 7.47. The third-order valence-corrected chi connectivity index (χ3v) is 7.15. The van der Waals surface area contributed by atoms with E-state index >= 15 is 0 Å². The SMILES string of the molecule is FN(F)C12C3C4(N(F)F)C1C1(N(F)F)C2C3(N(F)F)C41N(F)F. The average Bonchev–Trinajstić information content (AvgIpc) is 2.43. The molecule has 0 atom stereocenters. The summed E-state index contributed by atoms with van der Waals surface area (Å²) in [6.07, 6.45) is 0. The first-order valence-corrected chi connectivity index (χ1v) is 6.16. The summed E-state index contributed by atoms with van der Waals surface area (Å²) in [4.78, 5) is 0. The second kappa shape index (κ2) is 3.02. The molecule has 0 aromatic rings. The minimum Gasteiger partial charge on any atom is -0.101 e. The van der Waals surface area contributed by atoms with Crippen LogP contribution in [0, 0.1) is 17.8 Å². The third kappa shape index (κ3) is 0.635. The number of hydrogen-bond donors (Lipinski definition) is 0. The fraction of sp³-hybridized carbons (Fsp3) is 1.00. The molecule has 0 saturated heterocycles. The fourth-order valence-corrected chi connectivity index (χ4v) is 7.47. The lowest BCUT2D eigenvalue weighted by Gasteiger charge is -3.16. The predicted molar refractivity (Wildman–Crippen MR) is 44.4 cm³/mol. The Kier molecular flexibility index (Phi) is 1.90. The summed E-state index contributed by atoms with van der Waals surface area (Å²) < 4.78 is 132. The van der Waals surface area contributed by atoms with E-state index in [2.05, 4.69) is 0 Å². The number of rotatable bonds is 5. The zero-order valence-electron chi connectivity index (χ0n) is 10.2. The molecule has 0 amide bonds. The molecular formula is C8H3F10N5. The van der Waals surface area contributed by atoms with Crippen LogP contribution in [0.3, 0.4) is 0 Å². The molecule has 6 rings (SSSR count). The van der Waals surface area contributed by atoms with Gasteiger partial charge in [-0.3, -0.25) is 0 Å². The van der Waals surface area contributed by atoms with Gasteiger partial charge in [0, 0.05) is 44.5 Å². The molecule has 0 spiro atoms. The van der Waals surface area contributed by atoms with Crippen molar-refractivity contribution in [2.24, 2.45) is 17.8 Å². The summed E-state index contributed by atoms with van der Waals surface area (Å²) in [6, 6.07) is 0. The summed E-state index contributed by atoms with van der Waals surface area (Å²) in [7, 11) is 0. The summed E-state index contributed by atoms with van der Waals surface area (Å²) in [5, 5.41) is -9.44. The molecule has 0 heterocycles. The molecule has 0 unspecified atom stereocenters. The first-order chi connectivity index (χ1) is 10.6. The van der Waals surface area contributed by atoms with Crippen LogP contribution in [-0.2, 0) is 0 Å². The van der Waals surface area contributed by atoms with Gasteiger partial charge in [0.15, 0.2) is 5.54 Å². The average molecular weight is 359 g/mol. The Hall–Kier alpha value is -0.900. The Labute approximate surface area is 118 Å². The molecular weight excluding hydrogens is 356 g/mol. The van der Waals surface area contributed by atoms with Crippen LogP contribution in [0.5, 0.6) is 0 Å². The standard InChI is InChI=1S/C8H3F10N5/c9-19(10)4-1-5(20(11)12)2(4)7(22(15)16)3(4)6(1,21(13)14)8(5,7)23(17)18/h1-3H. The minimum absolute atomic E-state index is 1.66. The van der Waals surface area contributed by atoms with Crippen LogP contribution in [0.15, 0.2) is 0 Å². The highest BCUT2D eigenvalue weighted by atomic mass is 19.4. The molecule has 6 aliphatic carbocycles. The summed E-state index contributed by atoms with van der Waals surface area (Å²) in [5.74, 6) is -6.85. The van der Waals surface area contributed by atoms with Crippen LogP contribution in [0.4, 0.5) is 44.8 Å². The van der Waals surface area contributed by atoms with Crippen molar-refractivity contribution in [2.45, 2.75) is 27.7 Å². The van der Waals surface area contributed by atoms with Crippen LogP contribution in [-0.4, -0.2) is 54.4 Å². The smallest absolute Gasteiger partial charge is 0.101 e.